The van der Waals surface area contributed by atoms with Gasteiger partial charge < -0.3 is 15.1 Å². The lowest BCUT2D eigenvalue weighted by atomic mass is 9.88. The Kier molecular flexibility index (Phi) is 11.0. The second-order valence-corrected chi connectivity index (χ2v) is 7.49. The Morgan fingerprint density at radius 2 is 1.85 bits per heavy atom. The number of carbonyl (C=O) groups is 3. The van der Waals surface area contributed by atoms with Gasteiger partial charge in [-0.1, -0.05) is 45.4 Å². The van der Waals surface area contributed by atoms with E-state index in [2.05, 4.69) is 12.2 Å². The lowest BCUT2D eigenvalue weighted by Gasteiger charge is -2.38. The van der Waals surface area contributed by atoms with Crippen LogP contribution in [0.15, 0.2) is 0 Å². The van der Waals surface area contributed by atoms with Gasteiger partial charge in [-0.3, -0.25) is 14.8 Å². The summed E-state index contributed by atoms with van der Waals surface area (Å²) < 4.78 is 0. The van der Waals surface area contributed by atoms with E-state index in [4.69, 9.17) is 5.21 Å². The van der Waals surface area contributed by atoms with Crippen molar-refractivity contribution in [3.05, 3.63) is 0 Å². The standard InChI is InChI=1S/C19H36N4O4/c1-4-5-6-7-8-9-10-15(13-17(24)21-27)18(25)16-14-20-11-12-23(16)19(26)22(2)3/h15-16,20,27H,4-14H2,1-3H3,(H,21,24)/t15-,16+/m1/s1. The Morgan fingerprint density at radius 3 is 2.48 bits per heavy atom. The van der Waals surface area contributed by atoms with Crippen LogP contribution in [0.3, 0.4) is 0 Å². The van der Waals surface area contributed by atoms with Crippen LogP contribution in [0.4, 0.5) is 4.79 Å². The number of hydrogen-bond donors (Lipinski definition) is 3. The van der Waals surface area contributed by atoms with Crippen molar-refractivity contribution < 1.29 is 19.6 Å². The minimum Gasteiger partial charge on any atom is -0.331 e. The van der Waals surface area contributed by atoms with Gasteiger partial charge in [0.15, 0.2) is 5.78 Å². The van der Waals surface area contributed by atoms with Gasteiger partial charge >= 0.3 is 6.03 Å². The van der Waals surface area contributed by atoms with E-state index in [1.807, 2.05) is 0 Å². The molecule has 1 saturated heterocycles. The van der Waals surface area contributed by atoms with E-state index in [-0.39, 0.29) is 18.2 Å². The van der Waals surface area contributed by atoms with Gasteiger partial charge in [0.25, 0.3) is 0 Å². The van der Waals surface area contributed by atoms with Crippen LogP contribution in [0, 0.1) is 5.92 Å². The molecule has 0 aromatic heterocycles. The number of nitrogens with zero attached hydrogens (tertiary/aromatic N) is 2. The molecular weight excluding hydrogens is 348 g/mol. The highest BCUT2D eigenvalue weighted by atomic mass is 16.5. The summed E-state index contributed by atoms with van der Waals surface area (Å²) in [7, 11) is 3.33. The van der Waals surface area contributed by atoms with E-state index in [9.17, 15) is 14.4 Å². The van der Waals surface area contributed by atoms with Crippen molar-refractivity contribution >= 4 is 17.7 Å². The fraction of sp³-hybridized carbons (Fsp3) is 0.842. The number of amides is 3. The van der Waals surface area contributed by atoms with Crippen molar-refractivity contribution in [1.29, 1.82) is 0 Å². The molecule has 0 spiro atoms. The molecule has 2 atom stereocenters. The number of nitrogens with one attached hydrogen (secondary N) is 2. The number of unbranched alkanes of at least 4 members (excludes halogenated alkanes) is 5. The summed E-state index contributed by atoms with van der Waals surface area (Å²) in [5.74, 6) is -1.16. The Hall–Kier alpha value is -1.67. The minimum atomic E-state index is -0.578. The third kappa shape index (κ3) is 7.84. The second-order valence-electron chi connectivity index (χ2n) is 7.49. The summed E-state index contributed by atoms with van der Waals surface area (Å²) in [5, 5.41) is 12.0. The summed E-state index contributed by atoms with van der Waals surface area (Å²) in [5.41, 5.74) is 1.63. The van der Waals surface area contributed by atoms with Gasteiger partial charge in [0.05, 0.1) is 0 Å². The third-order valence-electron chi connectivity index (χ3n) is 5.07. The Labute approximate surface area is 162 Å². The fourth-order valence-electron chi connectivity index (χ4n) is 3.50. The number of carbonyl (C=O) groups excluding carboxylic acids is 3. The van der Waals surface area contributed by atoms with Gasteiger partial charge in [0, 0.05) is 46.1 Å². The fourth-order valence-corrected chi connectivity index (χ4v) is 3.50. The van der Waals surface area contributed by atoms with Gasteiger partial charge in [0.2, 0.25) is 5.91 Å². The van der Waals surface area contributed by atoms with Crippen LogP contribution in [0.1, 0.15) is 58.3 Å². The average molecular weight is 385 g/mol. The molecule has 0 aromatic rings. The summed E-state index contributed by atoms with van der Waals surface area (Å²) in [6.07, 6.45) is 7.13. The Balaban J connectivity index is 2.74. The topological polar surface area (TPSA) is 102 Å². The molecule has 8 nitrogen and oxygen atoms in total. The number of rotatable bonds is 11. The molecular formula is C19H36N4O4. The zero-order valence-electron chi connectivity index (χ0n) is 17.0. The molecule has 3 amide bonds. The number of hydroxylamine groups is 1. The molecule has 0 saturated carbocycles. The number of piperazine rings is 1. The number of Topliss-reactive ketones (excluding diaryl/α,β-unsaturated/α-hetero) is 1. The van der Waals surface area contributed by atoms with Crippen LogP contribution >= 0.6 is 0 Å². The van der Waals surface area contributed by atoms with Gasteiger partial charge in [-0.05, 0) is 6.42 Å². The van der Waals surface area contributed by atoms with Crippen LogP contribution in [0.5, 0.6) is 0 Å². The van der Waals surface area contributed by atoms with Gasteiger partial charge in [0.1, 0.15) is 6.04 Å². The van der Waals surface area contributed by atoms with Gasteiger partial charge in [-0.2, -0.15) is 0 Å². The number of hydrogen-bond acceptors (Lipinski definition) is 5. The highest BCUT2D eigenvalue weighted by Gasteiger charge is 2.36. The zero-order valence-corrected chi connectivity index (χ0v) is 17.0. The molecule has 0 bridgehead atoms. The first-order valence-corrected chi connectivity index (χ1v) is 10.1. The second kappa shape index (κ2) is 12.7. The van der Waals surface area contributed by atoms with Crippen LogP contribution in [0.2, 0.25) is 0 Å². The molecule has 0 aromatic carbocycles. The van der Waals surface area contributed by atoms with Crippen molar-refractivity contribution in [2.45, 2.75) is 64.3 Å². The quantitative estimate of drug-likeness (QED) is 0.286. The number of ketones is 1. The third-order valence-corrected chi connectivity index (χ3v) is 5.07. The monoisotopic (exact) mass is 384 g/mol. The maximum atomic E-state index is 13.1. The van der Waals surface area contributed by atoms with Crippen molar-refractivity contribution in [2.75, 3.05) is 33.7 Å². The normalized spacial score (nSPS) is 18.1. The van der Waals surface area contributed by atoms with E-state index >= 15 is 0 Å². The molecule has 1 aliphatic heterocycles. The first-order chi connectivity index (χ1) is 12.9. The van der Waals surface area contributed by atoms with Crippen molar-refractivity contribution in [3.8, 4) is 0 Å². The SMILES string of the molecule is CCCCCCCC[C@H](CC(=O)NO)C(=O)[C@@H]1CNCCN1C(=O)N(C)C. The predicted octanol–water partition coefficient (Wildman–Crippen LogP) is 1.77. The molecule has 0 radical (unpaired) electrons. The van der Waals surface area contributed by atoms with E-state index in [0.29, 0.717) is 26.1 Å². The van der Waals surface area contributed by atoms with Crippen LogP contribution in [-0.2, 0) is 9.59 Å². The smallest absolute Gasteiger partial charge is 0.320 e. The summed E-state index contributed by atoms with van der Waals surface area (Å²) >= 11 is 0. The molecule has 1 aliphatic rings. The van der Waals surface area contributed by atoms with Crippen LogP contribution in [-0.4, -0.2) is 72.5 Å². The average Bonchev–Trinajstić information content (AvgIpc) is 2.68. The highest BCUT2D eigenvalue weighted by molar-refractivity contribution is 5.93. The van der Waals surface area contributed by atoms with Crippen molar-refractivity contribution in [1.82, 2.24) is 20.6 Å². The maximum absolute atomic E-state index is 13.1. The van der Waals surface area contributed by atoms with Crippen LogP contribution in [0.25, 0.3) is 0 Å². The van der Waals surface area contributed by atoms with Crippen molar-refractivity contribution in [2.24, 2.45) is 5.92 Å². The summed E-state index contributed by atoms with van der Waals surface area (Å²) in [6.45, 7) is 3.67. The summed E-state index contributed by atoms with van der Waals surface area (Å²) in [6, 6.07) is -0.773. The number of urea groups is 1. The van der Waals surface area contributed by atoms with E-state index in [1.165, 1.54) is 24.2 Å². The molecule has 8 heteroatoms. The molecule has 1 heterocycles. The molecule has 0 aliphatic carbocycles. The zero-order chi connectivity index (χ0) is 20.2. The first kappa shape index (κ1) is 23.4. The molecule has 1 fully saturated rings. The van der Waals surface area contributed by atoms with E-state index in [1.54, 1.807) is 24.5 Å². The molecule has 1 rings (SSSR count). The Bertz CT molecular complexity index is 484. The van der Waals surface area contributed by atoms with Crippen molar-refractivity contribution in [3.63, 3.8) is 0 Å². The molecule has 0 unspecified atom stereocenters. The van der Waals surface area contributed by atoms with E-state index in [0.717, 1.165) is 19.3 Å². The van der Waals surface area contributed by atoms with Gasteiger partial charge in [-0.15, -0.1) is 0 Å². The lowest BCUT2D eigenvalue weighted by Crippen LogP contribution is -2.60. The predicted molar refractivity (Wildman–Crippen MR) is 103 cm³/mol. The highest BCUT2D eigenvalue weighted by Crippen LogP contribution is 2.21. The van der Waals surface area contributed by atoms with Crippen LogP contribution < -0.4 is 10.8 Å². The Morgan fingerprint density at radius 1 is 1.19 bits per heavy atom. The first-order valence-electron chi connectivity index (χ1n) is 10.1. The molecule has 27 heavy (non-hydrogen) atoms. The molecule has 3 N–H and O–H groups in total. The van der Waals surface area contributed by atoms with Gasteiger partial charge in [-0.25, -0.2) is 10.3 Å². The van der Waals surface area contributed by atoms with E-state index < -0.39 is 17.9 Å². The molecule has 156 valence electrons. The lowest BCUT2D eigenvalue weighted by molar-refractivity contribution is -0.136. The minimum absolute atomic E-state index is 0.0508. The summed E-state index contributed by atoms with van der Waals surface area (Å²) in [4.78, 5) is 40.3. The maximum Gasteiger partial charge on any atom is 0.320 e. The largest absolute Gasteiger partial charge is 0.331 e.